The third-order valence-corrected chi connectivity index (χ3v) is 6.95. The predicted octanol–water partition coefficient (Wildman–Crippen LogP) is 0.683. The number of esters is 1. The van der Waals surface area contributed by atoms with Gasteiger partial charge in [0.15, 0.2) is 12.4 Å². The highest BCUT2D eigenvalue weighted by Gasteiger charge is 2.29. The SMILES string of the molecule is CCCCn1nnnc1COC(=O)c1cccc(S(=O)(=O)N2CCN(C(C)=O)CC2)c1. The highest BCUT2D eigenvalue weighted by molar-refractivity contribution is 7.89. The largest absolute Gasteiger partial charge is 0.454 e. The van der Waals surface area contributed by atoms with E-state index in [1.54, 1.807) is 9.58 Å². The Balaban J connectivity index is 1.66. The van der Waals surface area contributed by atoms with Gasteiger partial charge in [-0.15, -0.1) is 5.10 Å². The number of nitrogens with zero attached hydrogens (tertiary/aromatic N) is 6. The zero-order valence-electron chi connectivity index (χ0n) is 17.6. The van der Waals surface area contributed by atoms with E-state index in [9.17, 15) is 18.0 Å². The number of amides is 1. The first-order valence-electron chi connectivity index (χ1n) is 10.1. The summed E-state index contributed by atoms with van der Waals surface area (Å²) in [4.78, 5) is 25.6. The molecular weight excluding hydrogens is 424 g/mol. The molecule has 2 aromatic rings. The lowest BCUT2D eigenvalue weighted by molar-refractivity contribution is -0.129. The van der Waals surface area contributed by atoms with E-state index in [0.29, 0.717) is 25.5 Å². The number of ether oxygens (including phenoxy) is 1. The Morgan fingerprint density at radius 1 is 1.16 bits per heavy atom. The summed E-state index contributed by atoms with van der Waals surface area (Å²) in [6, 6.07) is 5.74. The summed E-state index contributed by atoms with van der Waals surface area (Å²) in [5, 5.41) is 11.3. The van der Waals surface area contributed by atoms with E-state index < -0.39 is 16.0 Å². The lowest BCUT2D eigenvalue weighted by Crippen LogP contribution is -2.49. The number of hydrogen-bond donors (Lipinski definition) is 0. The van der Waals surface area contributed by atoms with Crippen molar-refractivity contribution in [2.45, 2.75) is 44.7 Å². The van der Waals surface area contributed by atoms with Crippen molar-refractivity contribution in [3.63, 3.8) is 0 Å². The maximum Gasteiger partial charge on any atom is 0.338 e. The number of rotatable bonds is 8. The van der Waals surface area contributed by atoms with Gasteiger partial charge in [0.2, 0.25) is 15.9 Å². The molecule has 0 unspecified atom stereocenters. The van der Waals surface area contributed by atoms with E-state index in [1.807, 2.05) is 6.92 Å². The van der Waals surface area contributed by atoms with E-state index in [1.165, 1.54) is 35.5 Å². The van der Waals surface area contributed by atoms with Crippen molar-refractivity contribution < 1.29 is 22.7 Å². The van der Waals surface area contributed by atoms with E-state index in [0.717, 1.165) is 12.8 Å². The lowest BCUT2D eigenvalue weighted by atomic mass is 10.2. The van der Waals surface area contributed by atoms with Gasteiger partial charge in [-0.25, -0.2) is 17.9 Å². The van der Waals surface area contributed by atoms with Crippen LogP contribution in [0.4, 0.5) is 0 Å². The minimum atomic E-state index is -3.79. The summed E-state index contributed by atoms with van der Waals surface area (Å²) in [6.45, 7) is 5.11. The van der Waals surface area contributed by atoms with Crippen LogP contribution in [-0.4, -0.2) is 75.9 Å². The van der Waals surface area contributed by atoms with Gasteiger partial charge >= 0.3 is 5.97 Å². The van der Waals surface area contributed by atoms with Crippen molar-refractivity contribution >= 4 is 21.9 Å². The number of unbranched alkanes of at least 4 members (excludes halogenated alkanes) is 1. The minimum Gasteiger partial charge on any atom is -0.454 e. The van der Waals surface area contributed by atoms with Crippen molar-refractivity contribution in [3.05, 3.63) is 35.7 Å². The van der Waals surface area contributed by atoms with Crippen LogP contribution in [0, 0.1) is 0 Å². The lowest BCUT2D eigenvalue weighted by Gasteiger charge is -2.33. The van der Waals surface area contributed by atoms with Crippen LogP contribution in [0.25, 0.3) is 0 Å². The number of piperazine rings is 1. The van der Waals surface area contributed by atoms with Crippen LogP contribution in [0.3, 0.4) is 0 Å². The topological polar surface area (TPSA) is 128 Å². The number of aromatic nitrogens is 4. The standard InChI is InChI=1S/C19H26N6O5S/c1-3-4-8-25-18(20-21-22-25)14-30-19(27)16-6-5-7-17(13-16)31(28,29)24-11-9-23(10-12-24)15(2)26/h5-7,13H,3-4,8-12,14H2,1-2H3. The first-order valence-corrected chi connectivity index (χ1v) is 11.5. The molecule has 1 saturated heterocycles. The monoisotopic (exact) mass is 450 g/mol. The van der Waals surface area contributed by atoms with Crippen LogP contribution < -0.4 is 0 Å². The number of tetrazole rings is 1. The Bertz CT molecular complexity index is 1030. The highest BCUT2D eigenvalue weighted by Crippen LogP contribution is 2.19. The van der Waals surface area contributed by atoms with Gasteiger partial charge in [-0.1, -0.05) is 19.4 Å². The number of hydrogen-bond acceptors (Lipinski definition) is 8. The summed E-state index contributed by atoms with van der Waals surface area (Å²) in [6.07, 6.45) is 1.87. The molecule has 1 aromatic carbocycles. The van der Waals surface area contributed by atoms with Gasteiger partial charge in [0.05, 0.1) is 10.5 Å². The van der Waals surface area contributed by atoms with Gasteiger partial charge in [0.1, 0.15) is 0 Å². The predicted molar refractivity (Wildman–Crippen MR) is 109 cm³/mol. The molecule has 1 aliphatic heterocycles. The molecule has 0 bridgehead atoms. The molecule has 2 heterocycles. The van der Waals surface area contributed by atoms with E-state index >= 15 is 0 Å². The van der Waals surface area contributed by atoms with Gasteiger partial charge in [-0.05, 0) is 35.0 Å². The number of carbonyl (C=O) groups excluding carboxylic acids is 2. The first kappa shape index (κ1) is 22.8. The molecule has 1 fully saturated rings. The van der Waals surface area contributed by atoms with Gasteiger partial charge < -0.3 is 9.64 Å². The maximum atomic E-state index is 13.0. The fourth-order valence-electron chi connectivity index (χ4n) is 3.20. The van der Waals surface area contributed by atoms with Crippen molar-refractivity contribution in [2.24, 2.45) is 0 Å². The third-order valence-electron chi connectivity index (χ3n) is 5.05. The van der Waals surface area contributed by atoms with Gasteiger partial charge in [-0.3, -0.25) is 4.79 Å². The van der Waals surface area contributed by atoms with Gasteiger partial charge in [0, 0.05) is 39.6 Å². The van der Waals surface area contributed by atoms with Crippen LogP contribution in [0.5, 0.6) is 0 Å². The van der Waals surface area contributed by atoms with Crippen molar-refractivity contribution in [1.82, 2.24) is 29.4 Å². The van der Waals surface area contributed by atoms with Crippen LogP contribution in [-0.2, 0) is 32.7 Å². The van der Waals surface area contributed by atoms with Crippen LogP contribution >= 0.6 is 0 Å². The quantitative estimate of drug-likeness (QED) is 0.537. The van der Waals surface area contributed by atoms with E-state index in [-0.39, 0.29) is 36.1 Å². The fourth-order valence-corrected chi connectivity index (χ4v) is 4.67. The molecule has 1 amide bonds. The average Bonchev–Trinajstić information content (AvgIpc) is 3.23. The number of benzene rings is 1. The van der Waals surface area contributed by atoms with Crippen molar-refractivity contribution in [3.8, 4) is 0 Å². The maximum absolute atomic E-state index is 13.0. The Morgan fingerprint density at radius 2 is 1.90 bits per heavy atom. The molecule has 0 spiro atoms. The first-order chi connectivity index (χ1) is 14.8. The number of carbonyl (C=O) groups is 2. The second-order valence-corrected chi connectivity index (χ2v) is 9.12. The fraction of sp³-hybridized carbons (Fsp3) is 0.526. The van der Waals surface area contributed by atoms with Gasteiger partial charge in [-0.2, -0.15) is 4.31 Å². The van der Waals surface area contributed by atoms with Crippen LogP contribution in [0.15, 0.2) is 29.2 Å². The molecule has 3 rings (SSSR count). The van der Waals surface area contributed by atoms with Gasteiger partial charge in [0.25, 0.3) is 0 Å². The summed E-state index contributed by atoms with van der Waals surface area (Å²) in [5.41, 5.74) is 0.121. The Morgan fingerprint density at radius 3 is 2.58 bits per heavy atom. The Labute approximate surface area is 181 Å². The molecule has 0 N–H and O–H groups in total. The second kappa shape index (κ2) is 9.96. The molecule has 1 aliphatic rings. The van der Waals surface area contributed by atoms with Crippen LogP contribution in [0.1, 0.15) is 42.9 Å². The van der Waals surface area contributed by atoms with Crippen molar-refractivity contribution in [2.75, 3.05) is 26.2 Å². The summed E-state index contributed by atoms with van der Waals surface area (Å²) < 4.78 is 34.1. The zero-order chi connectivity index (χ0) is 22.4. The normalized spacial score (nSPS) is 15.1. The molecule has 0 aliphatic carbocycles. The molecule has 0 saturated carbocycles. The molecule has 0 atom stereocenters. The third kappa shape index (κ3) is 5.44. The average molecular weight is 451 g/mol. The number of sulfonamides is 1. The summed E-state index contributed by atoms with van der Waals surface area (Å²) in [7, 11) is -3.79. The molecule has 168 valence electrons. The minimum absolute atomic E-state index is 0.00556. The summed E-state index contributed by atoms with van der Waals surface area (Å²) in [5.74, 6) is -0.320. The smallest absolute Gasteiger partial charge is 0.338 e. The zero-order valence-corrected chi connectivity index (χ0v) is 18.4. The number of aryl methyl sites for hydroxylation is 1. The molecule has 0 radical (unpaired) electrons. The highest BCUT2D eigenvalue weighted by atomic mass is 32.2. The van der Waals surface area contributed by atoms with Crippen LogP contribution in [0.2, 0.25) is 0 Å². The molecule has 12 heteroatoms. The van der Waals surface area contributed by atoms with E-state index in [4.69, 9.17) is 4.74 Å². The molecule has 11 nitrogen and oxygen atoms in total. The summed E-state index contributed by atoms with van der Waals surface area (Å²) >= 11 is 0. The molecule has 1 aromatic heterocycles. The second-order valence-electron chi connectivity index (χ2n) is 7.19. The Kier molecular flexibility index (Phi) is 7.33. The van der Waals surface area contributed by atoms with Crippen molar-refractivity contribution in [1.29, 1.82) is 0 Å². The Hall–Kier alpha value is -2.86. The molecular formula is C19H26N6O5S. The molecule has 31 heavy (non-hydrogen) atoms. The van der Waals surface area contributed by atoms with E-state index in [2.05, 4.69) is 15.5 Å².